The van der Waals surface area contributed by atoms with Crippen molar-refractivity contribution in [2.24, 2.45) is 0 Å². The molecule has 0 fully saturated rings. The molecule has 0 aromatic carbocycles. The quantitative estimate of drug-likeness (QED) is 0.237. The number of carbonyl (C=O) groups is 2. The topological polar surface area (TPSA) is 52.6 Å². The zero-order valence-electron chi connectivity index (χ0n) is 13.3. The molecule has 21 heavy (non-hydrogen) atoms. The van der Waals surface area contributed by atoms with Gasteiger partial charge in [-0.1, -0.05) is 38.8 Å². The van der Waals surface area contributed by atoms with Gasteiger partial charge in [-0.25, -0.2) is 9.59 Å². The molecule has 0 amide bonds. The fourth-order valence-electron chi connectivity index (χ4n) is 1.56. The van der Waals surface area contributed by atoms with Crippen LogP contribution < -0.4 is 0 Å². The highest BCUT2D eigenvalue weighted by molar-refractivity contribution is 5.91. The second kappa shape index (κ2) is 14.8. The van der Waals surface area contributed by atoms with Crippen molar-refractivity contribution in [1.29, 1.82) is 0 Å². The van der Waals surface area contributed by atoms with Crippen LogP contribution in [0.2, 0.25) is 0 Å². The molecule has 0 aromatic rings. The Bertz CT molecular complexity index is 332. The van der Waals surface area contributed by atoms with Gasteiger partial charge >= 0.3 is 11.9 Å². The summed E-state index contributed by atoms with van der Waals surface area (Å²) < 4.78 is 9.77. The van der Waals surface area contributed by atoms with Crippen LogP contribution in [0.15, 0.2) is 24.3 Å². The Morgan fingerprint density at radius 2 is 1.33 bits per heavy atom. The summed E-state index contributed by atoms with van der Waals surface area (Å²) >= 11 is 0. The first-order valence-corrected chi connectivity index (χ1v) is 7.87. The van der Waals surface area contributed by atoms with Gasteiger partial charge in [-0.3, -0.25) is 0 Å². The van der Waals surface area contributed by atoms with E-state index in [4.69, 9.17) is 9.47 Å². The molecule has 120 valence electrons. The second-order valence-electron chi connectivity index (χ2n) is 4.78. The Kier molecular flexibility index (Phi) is 13.7. The fraction of sp³-hybridized carbons (Fsp3) is 0.647. The predicted molar refractivity (Wildman–Crippen MR) is 83.9 cm³/mol. The van der Waals surface area contributed by atoms with Crippen LogP contribution in [0.25, 0.3) is 0 Å². The Balaban J connectivity index is 3.53. The van der Waals surface area contributed by atoms with Crippen molar-refractivity contribution in [1.82, 2.24) is 0 Å². The molecule has 0 radical (unpaired) electrons. The van der Waals surface area contributed by atoms with Crippen molar-refractivity contribution in [3.8, 4) is 0 Å². The minimum Gasteiger partial charge on any atom is -0.463 e. The van der Waals surface area contributed by atoms with E-state index >= 15 is 0 Å². The van der Waals surface area contributed by atoms with Gasteiger partial charge in [0.05, 0.1) is 13.2 Å². The van der Waals surface area contributed by atoms with E-state index in [0.29, 0.717) is 13.2 Å². The molecule has 0 spiro atoms. The highest BCUT2D eigenvalue weighted by Crippen LogP contribution is 2.01. The Morgan fingerprint density at radius 1 is 0.762 bits per heavy atom. The molecule has 0 rings (SSSR count). The van der Waals surface area contributed by atoms with Gasteiger partial charge in [0.2, 0.25) is 0 Å². The van der Waals surface area contributed by atoms with Gasteiger partial charge in [-0.15, -0.1) is 0 Å². The number of allylic oxidation sites excluding steroid dienone is 2. The minimum absolute atomic E-state index is 0.364. The van der Waals surface area contributed by atoms with Crippen molar-refractivity contribution in [2.45, 2.75) is 58.8 Å². The smallest absolute Gasteiger partial charge is 0.331 e. The standard InChI is InChI=1S/C17H28O4/c1-3-5-6-7-8-9-10-11-15-21-17(19)13-12-16(18)20-14-4-2/h8-9,12-13H,3-7,10-11,14-15H2,1-2H3/b9-8+,13-12+. The third kappa shape index (κ3) is 14.6. The number of rotatable bonds is 12. The third-order valence-electron chi connectivity index (χ3n) is 2.70. The van der Waals surface area contributed by atoms with Crippen molar-refractivity contribution in [2.75, 3.05) is 13.2 Å². The number of carbonyl (C=O) groups excluding carboxylic acids is 2. The summed E-state index contributed by atoms with van der Waals surface area (Å²) in [5, 5.41) is 0. The lowest BCUT2D eigenvalue weighted by Crippen LogP contribution is -2.05. The minimum atomic E-state index is -0.510. The van der Waals surface area contributed by atoms with Crippen LogP contribution in [0.3, 0.4) is 0 Å². The molecule has 0 aliphatic heterocycles. The number of ether oxygens (including phenoxy) is 2. The second-order valence-corrected chi connectivity index (χ2v) is 4.78. The highest BCUT2D eigenvalue weighted by Gasteiger charge is 1.99. The third-order valence-corrected chi connectivity index (χ3v) is 2.70. The van der Waals surface area contributed by atoms with Gasteiger partial charge in [0, 0.05) is 12.2 Å². The van der Waals surface area contributed by atoms with Crippen molar-refractivity contribution in [3.05, 3.63) is 24.3 Å². The van der Waals surface area contributed by atoms with Crippen molar-refractivity contribution >= 4 is 11.9 Å². The van der Waals surface area contributed by atoms with E-state index in [-0.39, 0.29) is 0 Å². The molecule has 4 nitrogen and oxygen atoms in total. The number of esters is 2. The molecule has 0 aliphatic carbocycles. The summed E-state index contributed by atoms with van der Waals surface area (Å²) in [6.45, 7) is 4.83. The lowest BCUT2D eigenvalue weighted by atomic mass is 10.2. The van der Waals surface area contributed by atoms with Crippen LogP contribution in [-0.2, 0) is 19.1 Å². The molecule has 0 unspecified atom stereocenters. The Labute approximate surface area is 128 Å². The van der Waals surface area contributed by atoms with E-state index in [0.717, 1.165) is 37.8 Å². The lowest BCUT2D eigenvalue weighted by Gasteiger charge is -2.00. The fourth-order valence-corrected chi connectivity index (χ4v) is 1.56. The predicted octanol–water partition coefficient (Wildman–Crippen LogP) is 3.96. The highest BCUT2D eigenvalue weighted by atomic mass is 16.5. The first kappa shape index (κ1) is 19.4. The van der Waals surface area contributed by atoms with Crippen molar-refractivity contribution < 1.29 is 19.1 Å². The van der Waals surface area contributed by atoms with E-state index in [9.17, 15) is 9.59 Å². The van der Waals surface area contributed by atoms with Crippen LogP contribution >= 0.6 is 0 Å². The Morgan fingerprint density at radius 3 is 1.90 bits per heavy atom. The summed E-state index contributed by atoms with van der Waals surface area (Å²) in [5.41, 5.74) is 0. The first-order valence-electron chi connectivity index (χ1n) is 7.87. The van der Waals surface area contributed by atoms with Crippen LogP contribution in [0.4, 0.5) is 0 Å². The van der Waals surface area contributed by atoms with Gasteiger partial charge in [0.25, 0.3) is 0 Å². The largest absolute Gasteiger partial charge is 0.463 e. The molecular weight excluding hydrogens is 268 g/mol. The van der Waals surface area contributed by atoms with E-state index in [1.165, 1.54) is 19.3 Å². The monoisotopic (exact) mass is 296 g/mol. The van der Waals surface area contributed by atoms with Gasteiger partial charge in [-0.05, 0) is 32.1 Å². The molecule has 0 aromatic heterocycles. The molecule has 0 heterocycles. The summed E-state index contributed by atoms with van der Waals surface area (Å²) in [4.78, 5) is 22.4. The summed E-state index contributed by atoms with van der Waals surface area (Å²) in [6.07, 6.45) is 13.9. The molecule has 0 N–H and O–H groups in total. The van der Waals surface area contributed by atoms with Gasteiger partial charge in [0.1, 0.15) is 0 Å². The summed E-state index contributed by atoms with van der Waals surface area (Å²) in [7, 11) is 0. The number of hydrogen-bond acceptors (Lipinski definition) is 4. The Hall–Kier alpha value is -1.58. The average molecular weight is 296 g/mol. The zero-order chi connectivity index (χ0) is 15.8. The van der Waals surface area contributed by atoms with Crippen LogP contribution in [0.5, 0.6) is 0 Å². The zero-order valence-corrected chi connectivity index (χ0v) is 13.3. The van der Waals surface area contributed by atoms with Crippen LogP contribution in [0, 0.1) is 0 Å². The maximum Gasteiger partial charge on any atom is 0.331 e. The molecule has 0 saturated heterocycles. The van der Waals surface area contributed by atoms with Crippen LogP contribution in [-0.4, -0.2) is 25.2 Å². The number of hydrogen-bond donors (Lipinski definition) is 0. The van der Waals surface area contributed by atoms with Crippen molar-refractivity contribution in [3.63, 3.8) is 0 Å². The van der Waals surface area contributed by atoms with E-state index < -0.39 is 11.9 Å². The molecule has 0 saturated carbocycles. The van der Waals surface area contributed by atoms with E-state index in [1.54, 1.807) is 0 Å². The lowest BCUT2D eigenvalue weighted by molar-refractivity contribution is -0.140. The van der Waals surface area contributed by atoms with Gasteiger partial charge < -0.3 is 9.47 Å². The van der Waals surface area contributed by atoms with E-state index in [1.807, 2.05) is 6.92 Å². The molecule has 4 heteroatoms. The average Bonchev–Trinajstić information content (AvgIpc) is 2.49. The van der Waals surface area contributed by atoms with Crippen LogP contribution in [0.1, 0.15) is 58.8 Å². The summed E-state index contributed by atoms with van der Waals surface area (Å²) in [6, 6.07) is 0. The maximum atomic E-state index is 11.3. The number of unbranched alkanes of at least 4 members (excludes halogenated alkanes) is 4. The SMILES string of the molecule is CCCCC/C=C/CCCOC(=O)/C=C/C(=O)OCCC. The first-order chi connectivity index (χ1) is 10.2. The van der Waals surface area contributed by atoms with Gasteiger partial charge in [-0.2, -0.15) is 0 Å². The molecule has 0 bridgehead atoms. The van der Waals surface area contributed by atoms with Gasteiger partial charge in [0.15, 0.2) is 0 Å². The normalized spacial score (nSPS) is 11.1. The molecular formula is C17H28O4. The maximum absolute atomic E-state index is 11.3. The molecule has 0 aliphatic rings. The summed E-state index contributed by atoms with van der Waals surface area (Å²) in [5.74, 6) is -1.01. The van der Waals surface area contributed by atoms with E-state index in [2.05, 4.69) is 19.1 Å². The molecule has 0 atom stereocenters.